The Hall–Kier alpha value is -3.11. The lowest BCUT2D eigenvalue weighted by atomic mass is 10.3. The van der Waals surface area contributed by atoms with Crippen LogP contribution in [0.3, 0.4) is 0 Å². The van der Waals surface area contributed by atoms with Crippen LogP contribution in [0.25, 0.3) is 11.0 Å². The Morgan fingerprint density at radius 3 is 2.45 bits per heavy atom. The number of carboxylic acid groups (broad SMARTS) is 1. The van der Waals surface area contributed by atoms with E-state index in [-0.39, 0.29) is 11.4 Å². The number of ether oxygens (including phenoxy) is 1. The van der Waals surface area contributed by atoms with E-state index in [9.17, 15) is 8.42 Å². The number of methoxy groups -OCH3 is 1. The van der Waals surface area contributed by atoms with Crippen molar-refractivity contribution in [1.29, 1.82) is 0 Å². The molecule has 0 radical (unpaired) electrons. The number of anilines is 1. The van der Waals surface area contributed by atoms with Gasteiger partial charge in [0.25, 0.3) is 16.5 Å². The molecular weight excluding hydrogens is 396 g/mol. The summed E-state index contributed by atoms with van der Waals surface area (Å²) in [6, 6.07) is 9.95. The molecule has 0 atom stereocenters. The second-order valence-corrected chi connectivity index (χ2v) is 8.02. The molecule has 2 N–H and O–H groups in total. The van der Waals surface area contributed by atoms with E-state index in [1.807, 2.05) is 0 Å². The molecule has 1 aromatic carbocycles. The molecule has 0 amide bonds. The van der Waals surface area contributed by atoms with Crippen molar-refractivity contribution in [1.82, 2.24) is 14.3 Å². The predicted octanol–water partition coefficient (Wildman–Crippen LogP) is 1.39. The monoisotopic (exact) mass is 418 g/mol. The maximum Gasteiger partial charge on any atom is 0.290 e. The number of hydrogen-bond donors (Lipinski definition) is 2. The molecule has 0 unspecified atom stereocenters. The third-order valence-electron chi connectivity index (χ3n) is 4.58. The van der Waals surface area contributed by atoms with Crippen LogP contribution in [0.2, 0.25) is 0 Å². The first-order valence-corrected chi connectivity index (χ1v) is 10.4. The Labute approximate surface area is 168 Å². The van der Waals surface area contributed by atoms with Crippen LogP contribution in [0, 0.1) is 0 Å². The highest BCUT2D eigenvalue weighted by Gasteiger charge is 2.24. The summed E-state index contributed by atoms with van der Waals surface area (Å²) in [5.74, 6) is 0.615. The van der Waals surface area contributed by atoms with Gasteiger partial charge < -0.3 is 20.1 Å². The fourth-order valence-corrected chi connectivity index (χ4v) is 4.56. The predicted molar refractivity (Wildman–Crippen MR) is 109 cm³/mol. The summed E-state index contributed by atoms with van der Waals surface area (Å²) in [6.07, 6.45) is 3.38. The van der Waals surface area contributed by atoms with Crippen LogP contribution >= 0.6 is 0 Å². The fourth-order valence-electron chi connectivity index (χ4n) is 3.21. The van der Waals surface area contributed by atoms with Gasteiger partial charge in [-0.3, -0.25) is 9.78 Å². The van der Waals surface area contributed by atoms with Gasteiger partial charge in [0, 0.05) is 38.6 Å². The number of carbonyl (C=O) groups is 1. The second kappa shape index (κ2) is 8.93. The molecule has 2 aromatic heterocycles. The molecule has 0 spiro atoms. The SMILES string of the molecule is COc1ccc(S(=O)(=O)n2cc(N3CCNCC3)c3ncccc32)cc1.O=CO. The summed E-state index contributed by atoms with van der Waals surface area (Å²) < 4.78 is 32.9. The van der Waals surface area contributed by atoms with Crippen molar-refractivity contribution >= 4 is 33.2 Å². The van der Waals surface area contributed by atoms with Crippen LogP contribution in [-0.4, -0.2) is 62.2 Å². The molecule has 10 heteroatoms. The van der Waals surface area contributed by atoms with Crippen LogP contribution in [0.1, 0.15) is 0 Å². The number of nitrogens with one attached hydrogen (secondary N) is 1. The Morgan fingerprint density at radius 2 is 1.83 bits per heavy atom. The number of fused-ring (bicyclic) bond motifs is 1. The summed E-state index contributed by atoms with van der Waals surface area (Å²) in [5.41, 5.74) is 2.13. The molecule has 0 bridgehead atoms. The minimum absolute atomic E-state index is 0.214. The molecule has 1 aliphatic rings. The number of benzene rings is 1. The zero-order chi connectivity index (χ0) is 20.9. The molecule has 9 nitrogen and oxygen atoms in total. The van der Waals surface area contributed by atoms with Crippen LogP contribution in [-0.2, 0) is 14.8 Å². The Kier molecular flexibility index (Phi) is 6.35. The molecule has 0 saturated carbocycles. The van der Waals surface area contributed by atoms with E-state index in [4.69, 9.17) is 14.6 Å². The van der Waals surface area contributed by atoms with Gasteiger partial charge in [-0.05, 0) is 36.4 Å². The molecule has 1 saturated heterocycles. The minimum Gasteiger partial charge on any atom is -0.497 e. The van der Waals surface area contributed by atoms with E-state index in [1.54, 1.807) is 55.9 Å². The second-order valence-electron chi connectivity index (χ2n) is 6.20. The number of rotatable bonds is 4. The van der Waals surface area contributed by atoms with Gasteiger partial charge in [0.1, 0.15) is 11.3 Å². The van der Waals surface area contributed by atoms with Crippen LogP contribution in [0.5, 0.6) is 5.75 Å². The summed E-state index contributed by atoms with van der Waals surface area (Å²) in [7, 11) is -2.18. The zero-order valence-corrected chi connectivity index (χ0v) is 16.7. The standard InChI is InChI=1S/C18H20N4O3S.CH2O2/c1-25-14-4-6-15(7-5-14)26(23,24)22-13-17(21-11-9-19-10-12-21)18-16(22)3-2-8-20-18;2-1-3/h2-8,13,19H,9-12H2,1H3;1H,(H,2,3). The van der Waals surface area contributed by atoms with Gasteiger partial charge in [-0.1, -0.05) is 0 Å². The van der Waals surface area contributed by atoms with Crippen molar-refractivity contribution in [3.8, 4) is 5.75 Å². The lowest BCUT2D eigenvalue weighted by Crippen LogP contribution is -2.43. The molecule has 154 valence electrons. The lowest BCUT2D eigenvalue weighted by molar-refractivity contribution is -0.122. The number of hydrogen-bond acceptors (Lipinski definition) is 7. The average Bonchev–Trinajstić information content (AvgIpc) is 3.15. The molecule has 1 aliphatic heterocycles. The Bertz CT molecular complexity index is 1070. The average molecular weight is 418 g/mol. The van der Waals surface area contributed by atoms with E-state index in [1.165, 1.54) is 3.97 Å². The maximum atomic E-state index is 13.2. The lowest BCUT2D eigenvalue weighted by Gasteiger charge is -2.28. The quantitative estimate of drug-likeness (QED) is 0.611. The highest BCUT2D eigenvalue weighted by atomic mass is 32.2. The Balaban J connectivity index is 0.000000755. The summed E-state index contributed by atoms with van der Waals surface area (Å²) >= 11 is 0. The normalized spacial score (nSPS) is 14.2. The van der Waals surface area contributed by atoms with E-state index in [2.05, 4.69) is 15.2 Å². The topological polar surface area (TPSA) is 114 Å². The highest BCUT2D eigenvalue weighted by Crippen LogP contribution is 2.31. The summed E-state index contributed by atoms with van der Waals surface area (Å²) in [6.45, 7) is 3.12. The third kappa shape index (κ3) is 4.17. The van der Waals surface area contributed by atoms with E-state index >= 15 is 0 Å². The van der Waals surface area contributed by atoms with Crippen molar-refractivity contribution < 1.29 is 23.1 Å². The first kappa shape index (κ1) is 20.6. The smallest absolute Gasteiger partial charge is 0.290 e. The summed E-state index contributed by atoms with van der Waals surface area (Å²) in [5, 5.41) is 10.2. The summed E-state index contributed by atoms with van der Waals surface area (Å²) in [4.78, 5) is 15.2. The first-order valence-electron chi connectivity index (χ1n) is 8.92. The maximum absolute atomic E-state index is 13.2. The van der Waals surface area contributed by atoms with Crippen LogP contribution in [0.15, 0.2) is 53.7 Å². The third-order valence-corrected chi connectivity index (χ3v) is 6.27. The van der Waals surface area contributed by atoms with E-state index in [0.717, 1.165) is 31.9 Å². The van der Waals surface area contributed by atoms with Crippen molar-refractivity contribution in [2.75, 3.05) is 38.2 Å². The molecular formula is C19H22N4O5S. The fraction of sp³-hybridized carbons (Fsp3) is 0.263. The zero-order valence-electron chi connectivity index (χ0n) is 15.9. The van der Waals surface area contributed by atoms with Gasteiger partial charge in [0.15, 0.2) is 0 Å². The largest absolute Gasteiger partial charge is 0.497 e. The number of aromatic nitrogens is 2. The molecule has 1 fully saturated rings. The van der Waals surface area contributed by atoms with Crippen LogP contribution in [0.4, 0.5) is 5.69 Å². The van der Waals surface area contributed by atoms with Crippen molar-refractivity contribution in [3.05, 3.63) is 48.8 Å². The van der Waals surface area contributed by atoms with Gasteiger partial charge in [0.2, 0.25) is 0 Å². The molecule has 3 aromatic rings. The van der Waals surface area contributed by atoms with E-state index < -0.39 is 10.0 Å². The van der Waals surface area contributed by atoms with Crippen LogP contribution < -0.4 is 15.0 Å². The van der Waals surface area contributed by atoms with Gasteiger partial charge in [0.05, 0.1) is 23.2 Å². The number of piperazine rings is 1. The number of pyridine rings is 1. The first-order chi connectivity index (χ1) is 14.0. The molecule has 4 rings (SSSR count). The molecule has 29 heavy (non-hydrogen) atoms. The minimum atomic E-state index is -3.73. The Morgan fingerprint density at radius 1 is 1.17 bits per heavy atom. The van der Waals surface area contributed by atoms with Gasteiger partial charge >= 0.3 is 0 Å². The van der Waals surface area contributed by atoms with Gasteiger partial charge in [-0.2, -0.15) is 0 Å². The number of nitrogens with zero attached hydrogens (tertiary/aromatic N) is 3. The van der Waals surface area contributed by atoms with Gasteiger partial charge in [-0.25, -0.2) is 12.4 Å². The van der Waals surface area contributed by atoms with Crippen molar-refractivity contribution in [2.45, 2.75) is 4.90 Å². The van der Waals surface area contributed by atoms with Gasteiger partial charge in [-0.15, -0.1) is 0 Å². The van der Waals surface area contributed by atoms with Crippen molar-refractivity contribution in [2.24, 2.45) is 0 Å². The van der Waals surface area contributed by atoms with Crippen molar-refractivity contribution in [3.63, 3.8) is 0 Å². The highest BCUT2D eigenvalue weighted by molar-refractivity contribution is 7.90. The molecule has 0 aliphatic carbocycles. The molecule has 3 heterocycles. The van der Waals surface area contributed by atoms with E-state index in [0.29, 0.717) is 16.8 Å².